The van der Waals surface area contributed by atoms with Crippen molar-refractivity contribution in [2.45, 2.75) is 39.5 Å². The van der Waals surface area contributed by atoms with Gasteiger partial charge in [-0.3, -0.25) is 9.59 Å². The largest absolute Gasteiger partial charge is 0.469 e. The highest BCUT2D eigenvalue weighted by Crippen LogP contribution is 2.51. The third-order valence-electron chi connectivity index (χ3n) is 3.52. The van der Waals surface area contributed by atoms with E-state index in [4.69, 9.17) is 4.74 Å². The van der Waals surface area contributed by atoms with Crippen molar-refractivity contribution in [3.63, 3.8) is 0 Å². The van der Waals surface area contributed by atoms with Gasteiger partial charge in [0.2, 0.25) is 0 Å². The van der Waals surface area contributed by atoms with Gasteiger partial charge in [-0.2, -0.15) is 11.8 Å². The Hall–Kier alpha value is -0.510. The van der Waals surface area contributed by atoms with Crippen molar-refractivity contribution in [3.8, 4) is 0 Å². The number of esters is 1. The summed E-state index contributed by atoms with van der Waals surface area (Å²) < 4.78 is 4.69. The van der Waals surface area contributed by atoms with Crippen LogP contribution in [-0.2, 0) is 14.3 Å². The van der Waals surface area contributed by atoms with Crippen molar-refractivity contribution in [2.75, 3.05) is 18.6 Å². The zero-order valence-corrected chi connectivity index (χ0v) is 11.8. The van der Waals surface area contributed by atoms with Crippen LogP contribution in [0.25, 0.3) is 0 Å². The number of carbonyl (C=O) groups excluding carboxylic acids is 2. The van der Waals surface area contributed by atoms with Gasteiger partial charge in [-0.1, -0.05) is 13.8 Å². The van der Waals surface area contributed by atoms with Gasteiger partial charge >= 0.3 is 5.97 Å². The number of rotatable bonds is 8. The summed E-state index contributed by atoms with van der Waals surface area (Å²) in [6, 6.07) is 0. The molecule has 1 saturated carbocycles. The van der Waals surface area contributed by atoms with Gasteiger partial charge in [0.25, 0.3) is 0 Å². The second-order valence-corrected chi connectivity index (χ2v) is 6.01. The van der Waals surface area contributed by atoms with Crippen LogP contribution in [0.2, 0.25) is 0 Å². The van der Waals surface area contributed by atoms with Crippen molar-refractivity contribution in [1.29, 1.82) is 0 Å². The molecule has 1 aliphatic rings. The first-order chi connectivity index (χ1) is 8.03. The molecule has 0 amide bonds. The molecule has 1 atom stereocenters. The molecular formula is C13H22O3S. The molecule has 17 heavy (non-hydrogen) atoms. The lowest BCUT2D eigenvalue weighted by Gasteiger charge is -2.13. The highest BCUT2D eigenvalue weighted by Gasteiger charge is 2.44. The minimum Gasteiger partial charge on any atom is -0.469 e. The third-order valence-corrected chi connectivity index (χ3v) is 4.82. The highest BCUT2D eigenvalue weighted by atomic mass is 32.2. The maximum atomic E-state index is 11.6. The average molecular weight is 258 g/mol. The number of hydrogen-bond donors (Lipinski definition) is 0. The summed E-state index contributed by atoms with van der Waals surface area (Å²) in [6.07, 6.45) is 3.60. The zero-order chi connectivity index (χ0) is 12.9. The van der Waals surface area contributed by atoms with E-state index in [1.807, 2.05) is 13.8 Å². The molecule has 0 bridgehead atoms. The van der Waals surface area contributed by atoms with Gasteiger partial charge in [0.1, 0.15) is 5.78 Å². The molecule has 0 aromatic rings. The predicted molar refractivity (Wildman–Crippen MR) is 70.1 cm³/mol. The van der Waals surface area contributed by atoms with Crippen molar-refractivity contribution in [3.05, 3.63) is 0 Å². The first-order valence-corrected chi connectivity index (χ1v) is 7.36. The quantitative estimate of drug-likeness (QED) is 0.628. The van der Waals surface area contributed by atoms with Crippen LogP contribution in [0.4, 0.5) is 0 Å². The van der Waals surface area contributed by atoms with E-state index in [2.05, 4.69) is 0 Å². The molecule has 0 saturated heterocycles. The zero-order valence-electron chi connectivity index (χ0n) is 11.0. The van der Waals surface area contributed by atoms with E-state index in [0.717, 1.165) is 25.0 Å². The van der Waals surface area contributed by atoms with Gasteiger partial charge < -0.3 is 4.74 Å². The molecule has 98 valence electrons. The molecule has 4 heteroatoms. The van der Waals surface area contributed by atoms with Gasteiger partial charge in [-0.05, 0) is 30.4 Å². The number of carbonyl (C=O) groups is 2. The Kier molecular flexibility index (Phi) is 5.50. The lowest BCUT2D eigenvalue weighted by Crippen LogP contribution is -2.16. The highest BCUT2D eigenvalue weighted by molar-refractivity contribution is 8.00. The number of ether oxygens (including phenoxy) is 1. The first kappa shape index (κ1) is 14.6. The molecule has 0 aromatic heterocycles. The smallest absolute Gasteiger partial charge is 0.306 e. The van der Waals surface area contributed by atoms with E-state index in [9.17, 15) is 9.59 Å². The van der Waals surface area contributed by atoms with Crippen molar-refractivity contribution in [1.82, 2.24) is 0 Å². The van der Waals surface area contributed by atoms with Gasteiger partial charge in [0, 0.05) is 5.92 Å². The third kappa shape index (κ3) is 4.70. The molecular weight excluding hydrogens is 236 g/mol. The summed E-state index contributed by atoms with van der Waals surface area (Å²) in [4.78, 5) is 22.9. The molecule has 0 radical (unpaired) electrons. The topological polar surface area (TPSA) is 43.4 Å². The minimum absolute atomic E-state index is 0.128. The molecule has 1 rings (SSSR count). The summed E-state index contributed by atoms with van der Waals surface area (Å²) in [5.74, 6) is 1.85. The Labute approximate surface area is 108 Å². The Morgan fingerprint density at radius 1 is 1.41 bits per heavy atom. The lowest BCUT2D eigenvalue weighted by atomic mass is 10.1. The maximum absolute atomic E-state index is 11.6. The average Bonchev–Trinajstić information content (AvgIpc) is 3.07. The fourth-order valence-corrected chi connectivity index (χ4v) is 3.08. The van der Waals surface area contributed by atoms with Crippen LogP contribution >= 0.6 is 11.8 Å². The van der Waals surface area contributed by atoms with Crippen LogP contribution in [0, 0.1) is 11.3 Å². The van der Waals surface area contributed by atoms with E-state index < -0.39 is 0 Å². The number of ketones is 1. The monoisotopic (exact) mass is 258 g/mol. The minimum atomic E-state index is -0.128. The Balaban J connectivity index is 2.22. The SMILES string of the molecule is CCC(C)C(=O)CSCC1(CC(=O)OC)CC1. The van der Waals surface area contributed by atoms with Gasteiger partial charge in [-0.15, -0.1) is 0 Å². The molecule has 0 spiro atoms. The fraction of sp³-hybridized carbons (Fsp3) is 0.846. The van der Waals surface area contributed by atoms with E-state index >= 15 is 0 Å². The molecule has 0 heterocycles. The Bertz CT molecular complexity index is 284. The summed E-state index contributed by atoms with van der Waals surface area (Å²) in [5.41, 5.74) is 0.132. The van der Waals surface area contributed by atoms with E-state index in [-0.39, 0.29) is 17.3 Å². The summed E-state index contributed by atoms with van der Waals surface area (Å²) >= 11 is 1.67. The molecule has 3 nitrogen and oxygen atoms in total. The predicted octanol–water partition coefficient (Wildman–Crippen LogP) is 2.68. The van der Waals surface area contributed by atoms with Crippen LogP contribution in [0.3, 0.4) is 0 Å². The Morgan fingerprint density at radius 2 is 2.06 bits per heavy atom. The van der Waals surface area contributed by atoms with Crippen molar-refractivity contribution in [2.24, 2.45) is 11.3 Å². The molecule has 1 aliphatic carbocycles. The number of hydrogen-bond acceptors (Lipinski definition) is 4. The second kappa shape index (κ2) is 6.43. The first-order valence-electron chi connectivity index (χ1n) is 6.20. The van der Waals surface area contributed by atoms with Crippen molar-refractivity contribution >= 4 is 23.5 Å². The fourth-order valence-electron chi connectivity index (χ4n) is 1.67. The molecule has 0 aliphatic heterocycles. The normalized spacial score (nSPS) is 18.5. The Morgan fingerprint density at radius 3 is 2.53 bits per heavy atom. The molecule has 0 N–H and O–H groups in total. The van der Waals surface area contributed by atoms with Gasteiger partial charge in [-0.25, -0.2) is 0 Å². The molecule has 1 fully saturated rings. The maximum Gasteiger partial charge on any atom is 0.306 e. The second-order valence-electron chi connectivity index (χ2n) is 5.02. The van der Waals surface area contributed by atoms with Crippen LogP contribution in [0.1, 0.15) is 39.5 Å². The molecule has 0 aromatic carbocycles. The number of Topliss-reactive ketones (excluding diaryl/α,β-unsaturated/α-hetero) is 1. The van der Waals surface area contributed by atoms with Gasteiger partial charge in [0.05, 0.1) is 19.3 Å². The van der Waals surface area contributed by atoms with Crippen LogP contribution in [0.15, 0.2) is 0 Å². The summed E-state index contributed by atoms with van der Waals surface area (Å²) in [7, 11) is 1.43. The van der Waals surface area contributed by atoms with E-state index in [1.54, 1.807) is 11.8 Å². The number of thioether (sulfide) groups is 1. The van der Waals surface area contributed by atoms with Crippen LogP contribution in [-0.4, -0.2) is 30.4 Å². The van der Waals surface area contributed by atoms with Crippen LogP contribution in [0.5, 0.6) is 0 Å². The molecule has 1 unspecified atom stereocenters. The standard InChI is InChI=1S/C13H22O3S/c1-4-10(2)11(14)8-17-9-13(5-6-13)7-12(15)16-3/h10H,4-9H2,1-3H3. The van der Waals surface area contributed by atoms with Crippen molar-refractivity contribution < 1.29 is 14.3 Å². The summed E-state index contributed by atoms with van der Waals surface area (Å²) in [6.45, 7) is 4.01. The number of methoxy groups -OCH3 is 1. The summed E-state index contributed by atoms with van der Waals surface area (Å²) in [5, 5.41) is 0. The van der Waals surface area contributed by atoms with E-state index in [0.29, 0.717) is 18.0 Å². The van der Waals surface area contributed by atoms with Gasteiger partial charge in [0.15, 0.2) is 0 Å². The van der Waals surface area contributed by atoms with E-state index in [1.165, 1.54) is 7.11 Å². The lowest BCUT2D eigenvalue weighted by molar-refractivity contribution is -0.141. The van der Waals surface area contributed by atoms with Crippen LogP contribution < -0.4 is 0 Å².